The smallest absolute Gasteiger partial charge is 0.266 e. The van der Waals surface area contributed by atoms with Crippen LogP contribution in [-0.2, 0) is 6.18 Å². The van der Waals surface area contributed by atoms with Crippen LogP contribution in [0.4, 0.5) is 13.2 Å². The minimum Gasteiger partial charge on any atom is -0.266 e. The second kappa shape index (κ2) is 8.01. The third-order valence-electron chi connectivity index (χ3n) is 5.10. The molecule has 1 aliphatic carbocycles. The van der Waals surface area contributed by atoms with Gasteiger partial charge in [0.05, 0.1) is 11.3 Å². The highest BCUT2D eigenvalue weighted by Gasteiger charge is 2.36. The van der Waals surface area contributed by atoms with Crippen LogP contribution in [-0.4, -0.2) is 10.4 Å². The molecular weight excluding hydrogens is 367 g/mol. The summed E-state index contributed by atoms with van der Waals surface area (Å²) in [5, 5.41) is 13.7. The third kappa shape index (κ3) is 3.86. The first-order valence-corrected chi connectivity index (χ1v) is 9.27. The van der Waals surface area contributed by atoms with Gasteiger partial charge in [-0.05, 0) is 37.7 Å². The van der Waals surface area contributed by atoms with Gasteiger partial charge in [-0.3, -0.25) is 4.79 Å². The molecule has 3 rings (SSSR count). The average Bonchev–Trinajstić information content (AvgIpc) is 2.69. The summed E-state index contributed by atoms with van der Waals surface area (Å²) < 4.78 is 41.4. The zero-order valence-electron chi connectivity index (χ0n) is 15.5. The Balaban J connectivity index is 2.32. The molecule has 1 heterocycles. The van der Waals surface area contributed by atoms with Crippen molar-refractivity contribution < 1.29 is 13.2 Å². The first-order chi connectivity index (χ1) is 13.4. The van der Waals surface area contributed by atoms with Crippen molar-refractivity contribution in [2.45, 2.75) is 45.2 Å². The number of benzene rings is 1. The van der Waals surface area contributed by atoms with Gasteiger partial charge >= 0.3 is 6.18 Å². The van der Waals surface area contributed by atoms with E-state index in [0.29, 0.717) is 12.0 Å². The van der Waals surface area contributed by atoms with Crippen LogP contribution in [0.15, 0.2) is 46.3 Å². The Morgan fingerprint density at radius 3 is 2.57 bits per heavy atom. The fourth-order valence-corrected chi connectivity index (χ4v) is 3.61. The van der Waals surface area contributed by atoms with Crippen molar-refractivity contribution >= 4 is 5.71 Å². The highest BCUT2D eigenvalue weighted by atomic mass is 19.4. The Morgan fingerprint density at radius 1 is 1.25 bits per heavy atom. The van der Waals surface area contributed by atoms with Gasteiger partial charge < -0.3 is 0 Å². The van der Waals surface area contributed by atoms with E-state index in [2.05, 4.69) is 5.10 Å². The highest BCUT2D eigenvalue weighted by Crippen LogP contribution is 2.34. The van der Waals surface area contributed by atoms with Crippen LogP contribution in [0.5, 0.6) is 0 Å². The zero-order chi connectivity index (χ0) is 20.3. The maximum Gasteiger partial charge on any atom is 0.417 e. The molecule has 146 valence electrons. The molecule has 0 spiro atoms. The van der Waals surface area contributed by atoms with E-state index in [1.807, 2.05) is 6.92 Å². The monoisotopic (exact) mass is 387 g/mol. The number of alkyl halides is 3. The number of hydrogen-bond acceptors (Lipinski definition) is 3. The highest BCUT2D eigenvalue weighted by molar-refractivity contribution is 5.87. The van der Waals surface area contributed by atoms with Crippen LogP contribution in [0.1, 0.15) is 50.2 Å². The molecule has 0 N–H and O–H groups in total. The van der Waals surface area contributed by atoms with Crippen LogP contribution in [0.2, 0.25) is 0 Å². The summed E-state index contributed by atoms with van der Waals surface area (Å²) in [4.78, 5) is 12.9. The van der Waals surface area contributed by atoms with Crippen molar-refractivity contribution in [1.29, 1.82) is 5.26 Å². The molecule has 0 amide bonds. The molecule has 2 aromatic rings. The van der Waals surface area contributed by atoms with Crippen LogP contribution < -0.4 is 5.56 Å². The van der Waals surface area contributed by atoms with Gasteiger partial charge in [0.25, 0.3) is 5.56 Å². The van der Waals surface area contributed by atoms with E-state index in [-0.39, 0.29) is 11.6 Å². The van der Waals surface area contributed by atoms with Crippen LogP contribution >= 0.6 is 0 Å². The molecule has 1 saturated carbocycles. The van der Waals surface area contributed by atoms with Crippen LogP contribution in [0.3, 0.4) is 0 Å². The van der Waals surface area contributed by atoms with Gasteiger partial charge in [0.2, 0.25) is 0 Å². The lowest BCUT2D eigenvalue weighted by Gasteiger charge is -2.23. The molecule has 1 unspecified atom stereocenters. The first-order valence-electron chi connectivity index (χ1n) is 9.27. The molecule has 7 heteroatoms. The largest absolute Gasteiger partial charge is 0.417 e. The molecule has 1 atom stereocenters. The average molecular weight is 387 g/mol. The van der Waals surface area contributed by atoms with Crippen molar-refractivity contribution in [1.82, 2.24) is 4.68 Å². The molecule has 1 aliphatic rings. The topological polar surface area (TPSA) is 58.1 Å². The van der Waals surface area contributed by atoms with E-state index >= 15 is 0 Å². The minimum atomic E-state index is -4.81. The standard InChI is InChI=1S/C21H20F3N3O/c1-2-14-8-6-7-11-18(14)26-27-19(15-9-4-3-5-10-15)12-17(21(22,23)24)16(13-25)20(27)28/h3-5,9-10,12,14H,2,6-8,11H2,1H3. The Kier molecular flexibility index (Phi) is 5.68. The molecule has 4 nitrogen and oxygen atoms in total. The number of hydrogen-bond donors (Lipinski definition) is 0. The lowest BCUT2D eigenvalue weighted by molar-refractivity contribution is -0.137. The number of rotatable bonds is 3. The summed E-state index contributed by atoms with van der Waals surface area (Å²) in [6.07, 6.45) is -0.333. The Bertz CT molecular complexity index is 985. The molecule has 1 aromatic carbocycles. The molecule has 28 heavy (non-hydrogen) atoms. The van der Waals surface area contributed by atoms with Gasteiger partial charge in [0, 0.05) is 11.3 Å². The number of pyridine rings is 1. The molecule has 0 radical (unpaired) electrons. The maximum atomic E-state index is 13.5. The van der Waals surface area contributed by atoms with E-state index < -0.39 is 22.9 Å². The van der Waals surface area contributed by atoms with Gasteiger partial charge in [-0.2, -0.15) is 28.2 Å². The molecule has 0 aliphatic heterocycles. The second-order valence-corrected chi connectivity index (χ2v) is 6.85. The Hall–Kier alpha value is -2.88. The fraction of sp³-hybridized carbons (Fsp3) is 0.381. The van der Waals surface area contributed by atoms with Gasteiger partial charge in [0.1, 0.15) is 11.6 Å². The quantitative estimate of drug-likeness (QED) is 0.726. The van der Waals surface area contributed by atoms with Crippen molar-refractivity contribution in [3.05, 3.63) is 57.9 Å². The summed E-state index contributed by atoms with van der Waals surface area (Å²) in [6.45, 7) is 2.03. The SMILES string of the molecule is CCC1CCCCC1=Nn1c(-c2ccccc2)cc(C(F)(F)F)c(C#N)c1=O. The number of nitriles is 1. The van der Waals surface area contributed by atoms with E-state index in [0.717, 1.165) is 42.1 Å². The summed E-state index contributed by atoms with van der Waals surface area (Å²) in [5.74, 6) is 0.192. The minimum absolute atomic E-state index is 0.0323. The Labute approximate surface area is 160 Å². The van der Waals surface area contributed by atoms with Crippen molar-refractivity contribution in [3.63, 3.8) is 0 Å². The predicted molar refractivity (Wildman–Crippen MR) is 101 cm³/mol. The van der Waals surface area contributed by atoms with E-state index in [1.165, 1.54) is 6.07 Å². The van der Waals surface area contributed by atoms with Crippen molar-refractivity contribution in [3.8, 4) is 17.3 Å². The fourth-order valence-electron chi connectivity index (χ4n) is 3.61. The van der Waals surface area contributed by atoms with Crippen molar-refractivity contribution in [2.75, 3.05) is 0 Å². The van der Waals surface area contributed by atoms with Crippen LogP contribution in [0.25, 0.3) is 11.3 Å². The maximum absolute atomic E-state index is 13.5. The molecular formula is C21H20F3N3O. The molecule has 1 aromatic heterocycles. The normalized spacial score (nSPS) is 18.8. The van der Waals surface area contributed by atoms with Crippen LogP contribution in [0, 0.1) is 17.2 Å². The summed E-state index contributed by atoms with van der Waals surface area (Å²) in [5.41, 5.74) is -1.93. The summed E-state index contributed by atoms with van der Waals surface area (Å²) >= 11 is 0. The second-order valence-electron chi connectivity index (χ2n) is 6.85. The van der Waals surface area contributed by atoms with Gasteiger partial charge in [-0.25, -0.2) is 0 Å². The lowest BCUT2D eigenvalue weighted by Crippen LogP contribution is -2.28. The number of halogens is 3. The molecule has 1 fully saturated rings. The van der Waals surface area contributed by atoms with Gasteiger partial charge in [0.15, 0.2) is 0 Å². The van der Waals surface area contributed by atoms with E-state index in [9.17, 15) is 23.2 Å². The molecule has 0 bridgehead atoms. The van der Waals surface area contributed by atoms with E-state index in [1.54, 1.807) is 30.3 Å². The predicted octanol–water partition coefficient (Wildman–Crippen LogP) is 5.21. The summed E-state index contributed by atoms with van der Waals surface area (Å²) in [6, 6.07) is 10.6. The first kappa shape index (κ1) is 19.9. The Morgan fingerprint density at radius 2 is 1.96 bits per heavy atom. The van der Waals surface area contributed by atoms with E-state index in [4.69, 9.17) is 0 Å². The van der Waals surface area contributed by atoms with Gasteiger partial charge in [-0.15, -0.1) is 0 Å². The van der Waals surface area contributed by atoms with Crippen molar-refractivity contribution in [2.24, 2.45) is 11.0 Å². The number of aromatic nitrogens is 1. The third-order valence-corrected chi connectivity index (χ3v) is 5.10. The van der Waals surface area contributed by atoms with Gasteiger partial charge in [-0.1, -0.05) is 43.7 Å². The number of nitrogens with zero attached hydrogens (tertiary/aromatic N) is 3. The zero-order valence-corrected chi connectivity index (χ0v) is 15.5. The summed E-state index contributed by atoms with van der Waals surface area (Å²) in [7, 11) is 0. The lowest BCUT2D eigenvalue weighted by atomic mass is 9.85. The molecule has 0 saturated heterocycles.